The molecule has 0 aliphatic carbocycles. The maximum Gasteiger partial charge on any atom is 0.0465 e. The minimum atomic E-state index is 0.143. The summed E-state index contributed by atoms with van der Waals surface area (Å²) in [6, 6.07) is 5.70. The second-order valence-corrected chi connectivity index (χ2v) is 6.39. The van der Waals surface area contributed by atoms with Crippen molar-refractivity contribution in [2.45, 2.75) is 32.4 Å². The van der Waals surface area contributed by atoms with Gasteiger partial charge in [-0.1, -0.05) is 29.3 Å². The molecule has 2 nitrogen and oxygen atoms in total. The Balaban J connectivity index is 2.13. The molecule has 1 aromatic rings. The van der Waals surface area contributed by atoms with Gasteiger partial charge in [0.25, 0.3) is 0 Å². The Bertz CT molecular complexity index is 398. The van der Waals surface area contributed by atoms with Gasteiger partial charge in [0.05, 0.1) is 0 Å². The summed E-state index contributed by atoms with van der Waals surface area (Å²) in [4.78, 5) is 2.42. The number of hydrogen-bond acceptors (Lipinski definition) is 2. The molecule has 0 aromatic heterocycles. The standard InChI is InChI=1S/C14H20Cl2N2/c1-14(2)10-18(8-4-7-17-14)9-11-12(15)5-3-6-13(11)16/h3,5-6,17H,4,7-10H2,1-2H3. The smallest absolute Gasteiger partial charge is 0.0465 e. The Kier molecular flexibility index (Phi) is 4.54. The number of halogens is 2. The number of nitrogens with one attached hydrogen (secondary N) is 1. The molecule has 0 radical (unpaired) electrons. The van der Waals surface area contributed by atoms with E-state index in [9.17, 15) is 0 Å². The maximum atomic E-state index is 6.23. The van der Waals surface area contributed by atoms with Gasteiger partial charge in [-0.2, -0.15) is 0 Å². The Morgan fingerprint density at radius 1 is 1.28 bits per heavy atom. The maximum absolute atomic E-state index is 6.23. The number of benzene rings is 1. The molecule has 0 unspecified atom stereocenters. The van der Waals surface area contributed by atoms with E-state index < -0.39 is 0 Å². The fourth-order valence-corrected chi connectivity index (χ4v) is 2.98. The van der Waals surface area contributed by atoms with Crippen molar-refractivity contribution in [2.75, 3.05) is 19.6 Å². The monoisotopic (exact) mass is 286 g/mol. The van der Waals surface area contributed by atoms with Crippen LogP contribution in [0.5, 0.6) is 0 Å². The van der Waals surface area contributed by atoms with Crippen LogP contribution >= 0.6 is 23.2 Å². The van der Waals surface area contributed by atoms with Crippen molar-refractivity contribution < 1.29 is 0 Å². The number of nitrogens with zero attached hydrogens (tertiary/aromatic N) is 1. The lowest BCUT2D eigenvalue weighted by Gasteiger charge is -2.30. The molecule has 100 valence electrons. The highest BCUT2D eigenvalue weighted by Crippen LogP contribution is 2.26. The predicted octanol–water partition coefficient (Wildman–Crippen LogP) is 3.57. The average molecular weight is 287 g/mol. The minimum Gasteiger partial charge on any atom is -0.310 e. The van der Waals surface area contributed by atoms with Crippen LogP contribution in [0.4, 0.5) is 0 Å². The van der Waals surface area contributed by atoms with Crippen LogP contribution in [0.15, 0.2) is 18.2 Å². The molecule has 1 heterocycles. The van der Waals surface area contributed by atoms with Gasteiger partial charge in [-0.25, -0.2) is 0 Å². The second kappa shape index (κ2) is 5.79. The summed E-state index contributed by atoms with van der Waals surface area (Å²) in [5.41, 5.74) is 1.18. The molecule has 0 saturated carbocycles. The van der Waals surface area contributed by atoms with Gasteiger partial charge >= 0.3 is 0 Å². The first-order valence-corrected chi connectivity index (χ1v) is 7.14. The third kappa shape index (κ3) is 3.61. The van der Waals surface area contributed by atoms with Crippen molar-refractivity contribution in [1.82, 2.24) is 10.2 Å². The van der Waals surface area contributed by atoms with Crippen LogP contribution in [0.3, 0.4) is 0 Å². The van der Waals surface area contributed by atoms with E-state index in [-0.39, 0.29) is 5.54 Å². The van der Waals surface area contributed by atoms with E-state index in [1.807, 2.05) is 18.2 Å². The van der Waals surface area contributed by atoms with Gasteiger partial charge in [0.1, 0.15) is 0 Å². The van der Waals surface area contributed by atoms with E-state index in [4.69, 9.17) is 23.2 Å². The molecule has 0 spiro atoms. The van der Waals surface area contributed by atoms with Crippen LogP contribution in [0.25, 0.3) is 0 Å². The highest BCUT2D eigenvalue weighted by molar-refractivity contribution is 6.35. The average Bonchev–Trinajstić information content (AvgIpc) is 2.45. The molecule has 1 aliphatic rings. The van der Waals surface area contributed by atoms with Gasteiger partial charge < -0.3 is 5.32 Å². The van der Waals surface area contributed by atoms with Gasteiger partial charge in [0.15, 0.2) is 0 Å². The highest BCUT2D eigenvalue weighted by Gasteiger charge is 2.24. The van der Waals surface area contributed by atoms with E-state index in [0.29, 0.717) is 0 Å². The van der Waals surface area contributed by atoms with Crippen LogP contribution in [0.1, 0.15) is 25.8 Å². The van der Waals surface area contributed by atoms with Gasteiger partial charge in [-0.05, 0) is 45.5 Å². The largest absolute Gasteiger partial charge is 0.310 e. The van der Waals surface area contributed by atoms with Gasteiger partial charge in [0, 0.05) is 34.2 Å². The number of hydrogen-bond donors (Lipinski definition) is 1. The van der Waals surface area contributed by atoms with Crippen molar-refractivity contribution >= 4 is 23.2 Å². The second-order valence-electron chi connectivity index (χ2n) is 5.58. The Hall–Kier alpha value is -0.280. The predicted molar refractivity (Wildman–Crippen MR) is 78.4 cm³/mol. The van der Waals surface area contributed by atoms with E-state index in [1.54, 1.807) is 0 Å². The summed E-state index contributed by atoms with van der Waals surface area (Å²) in [7, 11) is 0. The zero-order chi connectivity index (χ0) is 13.2. The Morgan fingerprint density at radius 3 is 2.61 bits per heavy atom. The van der Waals surface area contributed by atoms with Gasteiger partial charge in [0.2, 0.25) is 0 Å². The number of rotatable bonds is 2. The molecule has 0 amide bonds. The Labute approximate surface area is 119 Å². The van der Waals surface area contributed by atoms with Crippen LogP contribution in [-0.4, -0.2) is 30.1 Å². The molecule has 1 saturated heterocycles. The van der Waals surface area contributed by atoms with Crippen molar-refractivity contribution in [1.29, 1.82) is 0 Å². The zero-order valence-corrected chi connectivity index (χ0v) is 12.5. The molecule has 1 aliphatic heterocycles. The lowest BCUT2D eigenvalue weighted by atomic mass is 10.1. The fraction of sp³-hybridized carbons (Fsp3) is 0.571. The van der Waals surface area contributed by atoms with E-state index >= 15 is 0 Å². The molecular formula is C14H20Cl2N2. The molecule has 1 fully saturated rings. The minimum absolute atomic E-state index is 0.143. The summed E-state index contributed by atoms with van der Waals surface area (Å²) < 4.78 is 0. The SMILES string of the molecule is CC1(C)CN(Cc2c(Cl)cccc2Cl)CCCN1. The third-order valence-corrected chi connectivity index (χ3v) is 4.03. The summed E-state index contributed by atoms with van der Waals surface area (Å²) >= 11 is 12.5. The van der Waals surface area contributed by atoms with Crippen molar-refractivity contribution in [2.24, 2.45) is 0 Å². The molecule has 2 rings (SSSR count). The van der Waals surface area contributed by atoms with Crippen LogP contribution in [0.2, 0.25) is 10.0 Å². The van der Waals surface area contributed by atoms with Gasteiger partial charge in [-0.15, -0.1) is 0 Å². The first-order chi connectivity index (χ1) is 8.48. The topological polar surface area (TPSA) is 15.3 Å². The van der Waals surface area contributed by atoms with Crippen molar-refractivity contribution in [3.8, 4) is 0 Å². The quantitative estimate of drug-likeness (QED) is 0.894. The molecular weight excluding hydrogens is 267 g/mol. The van der Waals surface area contributed by atoms with Crippen molar-refractivity contribution in [3.05, 3.63) is 33.8 Å². The van der Waals surface area contributed by atoms with Crippen molar-refractivity contribution in [3.63, 3.8) is 0 Å². The fourth-order valence-electron chi connectivity index (χ4n) is 2.47. The van der Waals surface area contributed by atoms with E-state index in [2.05, 4.69) is 24.1 Å². The molecule has 0 atom stereocenters. The summed E-state index contributed by atoms with van der Waals surface area (Å²) in [5, 5.41) is 5.08. The first-order valence-electron chi connectivity index (χ1n) is 6.38. The lowest BCUT2D eigenvalue weighted by molar-refractivity contribution is 0.224. The first kappa shape index (κ1) is 14.1. The molecule has 0 bridgehead atoms. The molecule has 1 N–H and O–H groups in total. The van der Waals surface area contributed by atoms with Gasteiger partial charge in [-0.3, -0.25) is 4.90 Å². The highest BCUT2D eigenvalue weighted by atomic mass is 35.5. The van der Waals surface area contributed by atoms with E-state index in [1.165, 1.54) is 0 Å². The zero-order valence-electron chi connectivity index (χ0n) is 11.0. The third-order valence-electron chi connectivity index (χ3n) is 3.32. The molecule has 1 aromatic carbocycles. The van der Waals surface area contributed by atoms with Crippen LogP contribution < -0.4 is 5.32 Å². The summed E-state index contributed by atoms with van der Waals surface area (Å²) in [5.74, 6) is 0. The summed E-state index contributed by atoms with van der Waals surface area (Å²) in [6.45, 7) is 8.45. The summed E-state index contributed by atoms with van der Waals surface area (Å²) in [6.07, 6.45) is 1.16. The van der Waals surface area contributed by atoms with Crippen LogP contribution in [-0.2, 0) is 6.54 Å². The normalized spacial score (nSPS) is 20.7. The van der Waals surface area contributed by atoms with E-state index in [0.717, 1.165) is 48.2 Å². The lowest BCUT2D eigenvalue weighted by Crippen LogP contribution is -2.46. The molecule has 18 heavy (non-hydrogen) atoms. The molecule has 4 heteroatoms. The Morgan fingerprint density at radius 2 is 1.94 bits per heavy atom. The van der Waals surface area contributed by atoms with Crippen LogP contribution in [0, 0.1) is 0 Å².